The van der Waals surface area contributed by atoms with E-state index < -0.39 is 17.7 Å². The summed E-state index contributed by atoms with van der Waals surface area (Å²) in [5.74, 6) is -2.44. The van der Waals surface area contributed by atoms with Crippen molar-refractivity contribution in [3.8, 4) is 0 Å². The lowest BCUT2D eigenvalue weighted by atomic mass is 10.1. The number of nitrogen functional groups attached to an aromatic ring is 1. The molecule has 3 rings (SSSR count). The molecular formula is C23H22F2N4O3. The third-order valence-electron chi connectivity index (χ3n) is 4.63. The molecule has 32 heavy (non-hydrogen) atoms. The third kappa shape index (κ3) is 5.79. The summed E-state index contributed by atoms with van der Waals surface area (Å²) in [7, 11) is 0. The standard InChI is InChI=1S/C23H22F2N4O3/c24-18-10-9-17(13-19(18)25)27-23(32)29(11-12-30)14-15-5-7-16(8-6-15)22(31)28-21-4-2-1-3-20(21)26/h1-10,13,30H,11-12,14,26H2,(H,27,32)(H,28,31). The fourth-order valence-corrected chi connectivity index (χ4v) is 2.94. The van der Waals surface area contributed by atoms with Crippen LogP contribution >= 0.6 is 0 Å². The highest BCUT2D eigenvalue weighted by Gasteiger charge is 2.15. The molecule has 5 N–H and O–H groups in total. The summed E-state index contributed by atoms with van der Waals surface area (Å²) in [4.78, 5) is 26.3. The van der Waals surface area contributed by atoms with Gasteiger partial charge in [-0.25, -0.2) is 13.6 Å². The van der Waals surface area contributed by atoms with Crippen molar-refractivity contribution in [2.75, 3.05) is 29.5 Å². The van der Waals surface area contributed by atoms with Crippen molar-refractivity contribution in [2.24, 2.45) is 0 Å². The molecule has 3 aromatic carbocycles. The van der Waals surface area contributed by atoms with Gasteiger partial charge in [-0.15, -0.1) is 0 Å². The van der Waals surface area contributed by atoms with E-state index in [-0.39, 0.29) is 31.3 Å². The van der Waals surface area contributed by atoms with Gasteiger partial charge in [-0.05, 0) is 42.0 Å². The zero-order valence-corrected chi connectivity index (χ0v) is 17.0. The average Bonchev–Trinajstić information content (AvgIpc) is 2.78. The van der Waals surface area contributed by atoms with Crippen LogP contribution in [0.1, 0.15) is 15.9 Å². The Morgan fingerprint density at radius 3 is 2.31 bits per heavy atom. The number of benzene rings is 3. The van der Waals surface area contributed by atoms with Gasteiger partial charge in [0.05, 0.1) is 18.0 Å². The number of aliphatic hydroxyl groups excluding tert-OH is 1. The fourth-order valence-electron chi connectivity index (χ4n) is 2.94. The highest BCUT2D eigenvalue weighted by atomic mass is 19.2. The van der Waals surface area contributed by atoms with E-state index in [1.807, 2.05) is 0 Å². The summed E-state index contributed by atoms with van der Waals surface area (Å²) < 4.78 is 26.4. The predicted molar refractivity (Wildman–Crippen MR) is 118 cm³/mol. The van der Waals surface area contributed by atoms with Crippen LogP contribution in [0.3, 0.4) is 0 Å². The maximum atomic E-state index is 13.4. The van der Waals surface area contributed by atoms with E-state index in [0.717, 1.165) is 12.1 Å². The Bertz CT molecular complexity index is 1110. The van der Waals surface area contributed by atoms with Gasteiger partial charge in [0.15, 0.2) is 11.6 Å². The number of carbonyl (C=O) groups excluding carboxylic acids is 2. The second-order valence-corrected chi connectivity index (χ2v) is 6.94. The molecule has 3 amide bonds. The number of anilines is 3. The number of nitrogens with one attached hydrogen (secondary N) is 2. The van der Waals surface area contributed by atoms with Crippen LogP contribution in [0.15, 0.2) is 66.7 Å². The van der Waals surface area contributed by atoms with Gasteiger partial charge in [0, 0.05) is 30.4 Å². The van der Waals surface area contributed by atoms with Crippen LogP contribution in [0.5, 0.6) is 0 Å². The van der Waals surface area contributed by atoms with Crippen molar-refractivity contribution < 1.29 is 23.5 Å². The van der Waals surface area contributed by atoms with Gasteiger partial charge >= 0.3 is 6.03 Å². The highest BCUT2D eigenvalue weighted by Crippen LogP contribution is 2.19. The van der Waals surface area contributed by atoms with Gasteiger partial charge in [-0.3, -0.25) is 4.79 Å². The Balaban J connectivity index is 1.65. The molecule has 0 fully saturated rings. The minimum Gasteiger partial charge on any atom is -0.397 e. The Kier molecular flexibility index (Phi) is 7.35. The van der Waals surface area contributed by atoms with Crippen molar-refractivity contribution in [3.63, 3.8) is 0 Å². The van der Waals surface area contributed by atoms with Crippen LogP contribution in [0.25, 0.3) is 0 Å². The molecule has 9 heteroatoms. The first kappa shape index (κ1) is 22.7. The second-order valence-electron chi connectivity index (χ2n) is 6.94. The molecule has 0 aliphatic carbocycles. The topological polar surface area (TPSA) is 108 Å². The van der Waals surface area contributed by atoms with Crippen molar-refractivity contribution >= 4 is 29.0 Å². The predicted octanol–water partition coefficient (Wildman–Crippen LogP) is 3.83. The van der Waals surface area contributed by atoms with E-state index in [1.165, 1.54) is 11.0 Å². The lowest BCUT2D eigenvalue weighted by molar-refractivity contribution is 0.102. The SMILES string of the molecule is Nc1ccccc1NC(=O)c1ccc(CN(CCO)C(=O)Nc2ccc(F)c(F)c2)cc1. The Morgan fingerprint density at radius 2 is 1.66 bits per heavy atom. The molecule has 0 bridgehead atoms. The first-order valence-electron chi connectivity index (χ1n) is 9.74. The number of halogens is 2. The van der Waals surface area contributed by atoms with Gasteiger partial charge in [-0.1, -0.05) is 24.3 Å². The summed E-state index contributed by atoms with van der Waals surface area (Å²) in [6, 6.07) is 15.9. The van der Waals surface area contributed by atoms with Gasteiger partial charge in [0.2, 0.25) is 0 Å². The molecule has 0 spiro atoms. The minimum absolute atomic E-state index is 0.0189. The quantitative estimate of drug-likeness (QED) is 0.419. The smallest absolute Gasteiger partial charge is 0.322 e. The Hall–Kier alpha value is -3.98. The zero-order valence-electron chi connectivity index (χ0n) is 17.0. The van der Waals surface area contributed by atoms with Crippen LogP contribution in [-0.4, -0.2) is 35.1 Å². The molecular weight excluding hydrogens is 418 g/mol. The number of para-hydroxylation sites is 2. The minimum atomic E-state index is -1.08. The fraction of sp³-hybridized carbons (Fsp3) is 0.130. The highest BCUT2D eigenvalue weighted by molar-refractivity contribution is 6.05. The summed E-state index contributed by atoms with van der Waals surface area (Å²) >= 11 is 0. The number of carbonyl (C=O) groups is 2. The van der Waals surface area contributed by atoms with E-state index in [9.17, 15) is 23.5 Å². The number of hydrogen-bond acceptors (Lipinski definition) is 4. The first-order valence-corrected chi connectivity index (χ1v) is 9.74. The average molecular weight is 440 g/mol. The van der Waals surface area contributed by atoms with E-state index in [0.29, 0.717) is 22.5 Å². The summed E-state index contributed by atoms with van der Waals surface area (Å²) in [5, 5.41) is 14.5. The van der Waals surface area contributed by atoms with Gasteiger partial charge in [0.1, 0.15) is 0 Å². The monoisotopic (exact) mass is 440 g/mol. The van der Waals surface area contributed by atoms with E-state index >= 15 is 0 Å². The van der Waals surface area contributed by atoms with Crippen LogP contribution in [0, 0.1) is 11.6 Å². The van der Waals surface area contributed by atoms with Crippen LogP contribution in [0.4, 0.5) is 30.6 Å². The molecule has 0 saturated heterocycles. The van der Waals surface area contributed by atoms with E-state index in [1.54, 1.807) is 48.5 Å². The molecule has 0 aromatic heterocycles. The lowest BCUT2D eigenvalue weighted by Crippen LogP contribution is -2.36. The van der Waals surface area contributed by atoms with Crippen LogP contribution < -0.4 is 16.4 Å². The number of hydrogen-bond donors (Lipinski definition) is 4. The Labute approximate surface area is 183 Å². The molecule has 7 nitrogen and oxygen atoms in total. The lowest BCUT2D eigenvalue weighted by Gasteiger charge is -2.22. The number of amides is 3. The van der Waals surface area contributed by atoms with Crippen molar-refractivity contribution in [3.05, 3.63) is 89.5 Å². The number of nitrogens with two attached hydrogens (primary N) is 1. The number of aliphatic hydroxyl groups is 1. The summed E-state index contributed by atoms with van der Waals surface area (Å²) in [6.45, 7) is -0.140. The second kappa shape index (κ2) is 10.4. The molecule has 0 aliphatic heterocycles. The molecule has 0 radical (unpaired) electrons. The Morgan fingerprint density at radius 1 is 0.938 bits per heavy atom. The molecule has 0 heterocycles. The number of rotatable bonds is 7. The third-order valence-corrected chi connectivity index (χ3v) is 4.63. The van der Waals surface area contributed by atoms with Crippen molar-refractivity contribution in [1.82, 2.24) is 4.90 Å². The molecule has 3 aromatic rings. The largest absolute Gasteiger partial charge is 0.397 e. The van der Waals surface area contributed by atoms with Gasteiger partial charge < -0.3 is 26.4 Å². The molecule has 0 saturated carbocycles. The molecule has 0 unspecified atom stereocenters. The van der Waals surface area contributed by atoms with E-state index in [2.05, 4.69) is 10.6 Å². The zero-order chi connectivity index (χ0) is 23.1. The molecule has 0 aliphatic rings. The van der Waals surface area contributed by atoms with Crippen LogP contribution in [-0.2, 0) is 6.54 Å². The normalized spacial score (nSPS) is 10.5. The first-order chi connectivity index (χ1) is 15.4. The van der Waals surface area contributed by atoms with E-state index in [4.69, 9.17) is 5.73 Å². The maximum absolute atomic E-state index is 13.4. The summed E-state index contributed by atoms with van der Waals surface area (Å²) in [5.41, 5.74) is 7.98. The van der Waals surface area contributed by atoms with Gasteiger partial charge in [0.25, 0.3) is 5.91 Å². The maximum Gasteiger partial charge on any atom is 0.322 e. The number of nitrogens with zero attached hydrogens (tertiary/aromatic N) is 1. The van der Waals surface area contributed by atoms with Crippen molar-refractivity contribution in [2.45, 2.75) is 6.54 Å². The number of urea groups is 1. The van der Waals surface area contributed by atoms with Crippen LogP contribution in [0.2, 0.25) is 0 Å². The molecule has 166 valence electrons. The van der Waals surface area contributed by atoms with Gasteiger partial charge in [-0.2, -0.15) is 0 Å². The van der Waals surface area contributed by atoms with Crippen molar-refractivity contribution in [1.29, 1.82) is 0 Å². The summed E-state index contributed by atoms with van der Waals surface area (Å²) in [6.07, 6.45) is 0. The molecule has 0 atom stereocenters.